The highest BCUT2D eigenvalue weighted by Crippen LogP contribution is 2.33. The van der Waals surface area contributed by atoms with Gasteiger partial charge in [0.2, 0.25) is 11.8 Å². The summed E-state index contributed by atoms with van der Waals surface area (Å²) >= 11 is 0. The van der Waals surface area contributed by atoms with E-state index >= 15 is 0 Å². The van der Waals surface area contributed by atoms with E-state index in [0.29, 0.717) is 5.69 Å². The zero-order valence-electron chi connectivity index (χ0n) is 18.7. The first-order valence-corrected chi connectivity index (χ1v) is 11.5. The molecule has 7 nitrogen and oxygen atoms in total. The van der Waals surface area contributed by atoms with Crippen LogP contribution < -0.4 is 5.32 Å². The van der Waals surface area contributed by atoms with Crippen LogP contribution in [0.3, 0.4) is 0 Å². The molecule has 2 amide bonds. The van der Waals surface area contributed by atoms with Crippen molar-refractivity contribution < 1.29 is 9.59 Å². The summed E-state index contributed by atoms with van der Waals surface area (Å²) in [5.41, 5.74) is 3.72. The van der Waals surface area contributed by atoms with Crippen molar-refractivity contribution in [2.45, 2.75) is 51.6 Å². The van der Waals surface area contributed by atoms with Crippen LogP contribution in [0, 0.1) is 0 Å². The molecule has 0 spiro atoms. The van der Waals surface area contributed by atoms with E-state index in [1.54, 1.807) is 11.1 Å². The van der Waals surface area contributed by atoms with Gasteiger partial charge in [-0.1, -0.05) is 30.7 Å². The summed E-state index contributed by atoms with van der Waals surface area (Å²) in [6.45, 7) is 2.47. The molecule has 7 heteroatoms. The summed E-state index contributed by atoms with van der Waals surface area (Å²) in [4.78, 5) is 26.7. The molecule has 2 aliphatic rings. The maximum Gasteiger partial charge on any atom is 0.226 e. The molecule has 0 radical (unpaired) electrons. The minimum Gasteiger partial charge on any atom is -0.326 e. The smallest absolute Gasteiger partial charge is 0.226 e. The number of aryl methyl sites for hydroxylation is 1. The van der Waals surface area contributed by atoms with Gasteiger partial charge in [0.1, 0.15) is 5.82 Å². The minimum absolute atomic E-state index is 0.0876. The normalized spacial score (nSPS) is 17.1. The van der Waals surface area contributed by atoms with Gasteiger partial charge >= 0.3 is 0 Å². The topological polar surface area (TPSA) is 80.1 Å². The number of carbonyl (C=O) groups excluding carboxylic acids is 2. The molecule has 0 aliphatic carbocycles. The molecule has 168 valence electrons. The molecule has 1 aromatic heterocycles. The molecule has 0 bridgehead atoms. The van der Waals surface area contributed by atoms with Crippen LogP contribution in [0.1, 0.15) is 55.6 Å². The van der Waals surface area contributed by atoms with Gasteiger partial charge in [-0.25, -0.2) is 0 Å². The summed E-state index contributed by atoms with van der Waals surface area (Å²) in [6, 6.07) is 15.3. The Labute approximate surface area is 193 Å². The highest BCUT2D eigenvalue weighted by Gasteiger charge is 2.28. The number of nitrogens with one attached hydrogen (secondary N) is 1. The number of rotatable bonds is 4. The van der Waals surface area contributed by atoms with Gasteiger partial charge < -0.3 is 14.8 Å². The first kappa shape index (κ1) is 21.1. The van der Waals surface area contributed by atoms with E-state index in [9.17, 15) is 9.59 Å². The van der Waals surface area contributed by atoms with Gasteiger partial charge in [0, 0.05) is 37.3 Å². The highest BCUT2D eigenvalue weighted by atomic mass is 16.2. The van der Waals surface area contributed by atoms with Gasteiger partial charge in [0.25, 0.3) is 0 Å². The average Bonchev–Trinajstić information content (AvgIpc) is 3.07. The van der Waals surface area contributed by atoms with Crippen LogP contribution in [-0.4, -0.2) is 31.5 Å². The molecule has 2 aromatic carbocycles. The Hall–Kier alpha value is -3.74. The van der Waals surface area contributed by atoms with Crippen molar-refractivity contribution >= 4 is 23.6 Å². The van der Waals surface area contributed by atoms with Crippen molar-refractivity contribution in [3.8, 4) is 11.4 Å². The van der Waals surface area contributed by atoms with E-state index in [0.717, 1.165) is 54.1 Å². The summed E-state index contributed by atoms with van der Waals surface area (Å²) in [6.07, 6.45) is 8.34. The fourth-order valence-corrected chi connectivity index (χ4v) is 4.70. The zero-order chi connectivity index (χ0) is 22.8. The van der Waals surface area contributed by atoms with Crippen molar-refractivity contribution in [2.75, 3.05) is 5.32 Å². The van der Waals surface area contributed by atoms with Gasteiger partial charge in [-0.05, 0) is 54.3 Å². The van der Waals surface area contributed by atoms with E-state index in [-0.39, 0.29) is 24.3 Å². The first-order chi connectivity index (χ1) is 16.1. The van der Waals surface area contributed by atoms with E-state index in [1.165, 1.54) is 13.3 Å². The largest absolute Gasteiger partial charge is 0.326 e. The van der Waals surface area contributed by atoms with Gasteiger partial charge in [-0.3, -0.25) is 9.59 Å². The molecule has 1 atom stereocenters. The number of fused-ring (bicyclic) bond motifs is 2. The second kappa shape index (κ2) is 9.02. The number of benzene rings is 2. The maximum atomic E-state index is 12.9. The van der Waals surface area contributed by atoms with E-state index in [4.69, 9.17) is 0 Å². The molecule has 2 aliphatic heterocycles. The van der Waals surface area contributed by atoms with Gasteiger partial charge in [-0.15, -0.1) is 10.2 Å². The van der Waals surface area contributed by atoms with Crippen molar-refractivity contribution in [3.05, 3.63) is 71.7 Å². The minimum atomic E-state index is -0.325. The second-order valence-electron chi connectivity index (χ2n) is 8.62. The van der Waals surface area contributed by atoms with Crippen LogP contribution in [0.2, 0.25) is 0 Å². The quantitative estimate of drug-likeness (QED) is 0.643. The molecular weight excluding hydrogens is 414 g/mol. The summed E-state index contributed by atoms with van der Waals surface area (Å²) in [7, 11) is 0. The number of amides is 2. The summed E-state index contributed by atoms with van der Waals surface area (Å²) in [5.74, 6) is 1.71. The van der Waals surface area contributed by atoms with Crippen LogP contribution in [0.15, 0.2) is 54.7 Å². The maximum absolute atomic E-state index is 12.9. The third-order valence-corrected chi connectivity index (χ3v) is 6.38. The lowest BCUT2D eigenvalue weighted by Crippen LogP contribution is -2.33. The Morgan fingerprint density at radius 3 is 2.67 bits per heavy atom. The van der Waals surface area contributed by atoms with Crippen molar-refractivity contribution in [2.24, 2.45) is 0 Å². The predicted molar refractivity (Wildman–Crippen MR) is 127 cm³/mol. The Morgan fingerprint density at radius 2 is 1.85 bits per heavy atom. The summed E-state index contributed by atoms with van der Waals surface area (Å²) in [5, 5.41) is 11.8. The molecule has 5 rings (SSSR count). The first-order valence-electron chi connectivity index (χ1n) is 11.5. The lowest BCUT2D eigenvalue weighted by molar-refractivity contribution is -0.129. The second-order valence-corrected chi connectivity index (χ2v) is 8.62. The molecule has 0 fully saturated rings. The number of nitrogens with zero attached hydrogens (tertiary/aromatic N) is 4. The van der Waals surface area contributed by atoms with Crippen LogP contribution in [0.5, 0.6) is 0 Å². The van der Waals surface area contributed by atoms with Crippen LogP contribution in [0.25, 0.3) is 17.5 Å². The number of aromatic nitrogens is 3. The average molecular weight is 442 g/mol. The number of hydrogen-bond donors (Lipinski definition) is 1. The fraction of sp³-hybridized carbons (Fsp3) is 0.308. The Kier molecular flexibility index (Phi) is 5.77. The van der Waals surface area contributed by atoms with E-state index in [2.05, 4.69) is 20.1 Å². The zero-order valence-corrected chi connectivity index (χ0v) is 18.7. The van der Waals surface area contributed by atoms with Crippen LogP contribution in [0.4, 0.5) is 5.69 Å². The van der Waals surface area contributed by atoms with Gasteiger partial charge in [0.05, 0.1) is 12.5 Å². The molecular formula is C26H27N5O2. The SMILES string of the molecule is CC(=O)N1C=Cc2ccccc2C1CC(=O)Nc1ccc(-c2nnc3n2CCCCC3)cc1. The third kappa shape index (κ3) is 4.31. The van der Waals surface area contributed by atoms with Crippen LogP contribution in [-0.2, 0) is 22.6 Å². The molecule has 1 unspecified atom stereocenters. The van der Waals surface area contributed by atoms with Crippen LogP contribution >= 0.6 is 0 Å². The number of anilines is 1. The molecule has 1 N–H and O–H groups in total. The Bertz CT molecular complexity index is 1210. The van der Waals surface area contributed by atoms with Gasteiger partial charge in [-0.2, -0.15) is 0 Å². The number of hydrogen-bond acceptors (Lipinski definition) is 4. The predicted octanol–water partition coefficient (Wildman–Crippen LogP) is 4.57. The lowest BCUT2D eigenvalue weighted by Gasteiger charge is -2.32. The molecule has 0 saturated carbocycles. The van der Waals surface area contributed by atoms with Crippen molar-refractivity contribution in [3.63, 3.8) is 0 Å². The van der Waals surface area contributed by atoms with Crippen molar-refractivity contribution in [1.82, 2.24) is 19.7 Å². The standard InChI is InChI=1S/C26H27N5O2/c1-18(32)30-16-14-19-7-4-5-8-22(19)23(30)17-25(33)27-21-12-10-20(11-13-21)26-29-28-24-9-3-2-6-15-31(24)26/h4-5,7-8,10-14,16,23H,2-3,6,9,15,17H2,1H3,(H,27,33). The number of carbonyl (C=O) groups is 2. The molecule has 0 saturated heterocycles. The molecule has 3 aromatic rings. The fourth-order valence-electron chi connectivity index (χ4n) is 4.70. The highest BCUT2D eigenvalue weighted by molar-refractivity contribution is 5.92. The van der Waals surface area contributed by atoms with Gasteiger partial charge in [0.15, 0.2) is 5.82 Å². The summed E-state index contributed by atoms with van der Waals surface area (Å²) < 4.78 is 2.21. The molecule has 33 heavy (non-hydrogen) atoms. The Morgan fingerprint density at radius 1 is 1.03 bits per heavy atom. The Balaban J connectivity index is 1.30. The van der Waals surface area contributed by atoms with Crippen molar-refractivity contribution in [1.29, 1.82) is 0 Å². The molecule has 3 heterocycles. The van der Waals surface area contributed by atoms with E-state index in [1.807, 2.05) is 54.6 Å². The monoisotopic (exact) mass is 441 g/mol. The lowest BCUT2D eigenvalue weighted by atomic mass is 9.93. The van der Waals surface area contributed by atoms with E-state index < -0.39 is 0 Å². The third-order valence-electron chi connectivity index (χ3n) is 6.38.